The van der Waals surface area contributed by atoms with E-state index in [-0.39, 0.29) is 11.4 Å². The maximum atomic E-state index is 11.2. The zero-order valence-corrected chi connectivity index (χ0v) is 10.9. The quantitative estimate of drug-likeness (QED) is 0.310. The van der Waals surface area contributed by atoms with Gasteiger partial charge in [0.25, 0.3) is 0 Å². The third-order valence-corrected chi connectivity index (χ3v) is 1.80. The Hall–Kier alpha value is -0.830. The summed E-state index contributed by atoms with van der Waals surface area (Å²) in [5, 5.41) is 0. The molecule has 0 aliphatic carbocycles. The smallest absolute Gasteiger partial charge is 0.337 e. The van der Waals surface area contributed by atoms with E-state index >= 15 is 0 Å². The highest BCUT2D eigenvalue weighted by Gasteiger charge is 2.25. The predicted molar refractivity (Wildman–Crippen MR) is 62.2 cm³/mol. The lowest BCUT2D eigenvalue weighted by atomic mass is 9.95. The Balaban J connectivity index is 4.16. The van der Waals surface area contributed by atoms with E-state index in [1.54, 1.807) is 6.92 Å². The molecule has 0 rings (SSSR count). The van der Waals surface area contributed by atoms with Crippen LogP contribution in [-0.4, -0.2) is 37.8 Å². The van der Waals surface area contributed by atoms with Gasteiger partial charge < -0.3 is 4.74 Å². The molecule has 0 aromatic rings. The van der Waals surface area contributed by atoms with Crippen molar-refractivity contribution in [2.24, 2.45) is 5.41 Å². The number of carbonyl (C=O) groups is 1. The van der Waals surface area contributed by atoms with Gasteiger partial charge in [0.15, 0.2) is 0 Å². The molecule has 0 heterocycles. The van der Waals surface area contributed by atoms with Gasteiger partial charge in [-0.1, -0.05) is 27.4 Å². The molecule has 3 heteroatoms. The Morgan fingerprint density at radius 2 is 1.80 bits per heavy atom. The van der Waals surface area contributed by atoms with Gasteiger partial charge in [0, 0.05) is 11.0 Å². The van der Waals surface area contributed by atoms with E-state index in [2.05, 4.69) is 41.4 Å². The van der Waals surface area contributed by atoms with Gasteiger partial charge >= 0.3 is 5.97 Å². The molecule has 3 nitrogen and oxygen atoms in total. The summed E-state index contributed by atoms with van der Waals surface area (Å²) in [4.78, 5) is 11.2. The van der Waals surface area contributed by atoms with Crippen LogP contribution < -0.4 is 0 Å². The van der Waals surface area contributed by atoms with Gasteiger partial charge in [-0.05, 0) is 6.92 Å². The number of rotatable bonds is 4. The molecule has 0 bridgehead atoms. The predicted octanol–water partition coefficient (Wildman–Crippen LogP) is 2.19. The van der Waals surface area contributed by atoms with Crippen LogP contribution in [-0.2, 0) is 9.53 Å². The van der Waals surface area contributed by atoms with Gasteiger partial charge in [0.2, 0.25) is 6.73 Å². The minimum atomic E-state index is -0.310. The number of hydrogen-bond donors (Lipinski definition) is 0. The molecule has 0 atom stereocenters. The highest BCUT2D eigenvalue weighted by atomic mass is 16.5. The monoisotopic (exact) mass is 214 g/mol. The summed E-state index contributed by atoms with van der Waals surface area (Å²) in [5.41, 5.74) is 0.671. The summed E-state index contributed by atoms with van der Waals surface area (Å²) in [6.45, 7) is 13.1. The molecule has 15 heavy (non-hydrogen) atoms. The van der Waals surface area contributed by atoms with Gasteiger partial charge in [0.05, 0.1) is 20.6 Å². The second kappa shape index (κ2) is 4.79. The lowest BCUT2D eigenvalue weighted by Gasteiger charge is -2.34. The van der Waals surface area contributed by atoms with Crippen LogP contribution >= 0.6 is 0 Å². The molecule has 0 fully saturated rings. The summed E-state index contributed by atoms with van der Waals surface area (Å²) in [6.07, 6.45) is 0. The number of ether oxygens (including phenoxy) is 1. The number of esters is 1. The second-order valence-electron chi connectivity index (χ2n) is 6.00. The molecule has 0 aliphatic heterocycles. The van der Waals surface area contributed by atoms with Crippen LogP contribution in [0.4, 0.5) is 0 Å². The van der Waals surface area contributed by atoms with Crippen molar-refractivity contribution >= 4 is 5.97 Å². The van der Waals surface area contributed by atoms with Crippen LogP contribution in [0.15, 0.2) is 12.2 Å². The van der Waals surface area contributed by atoms with E-state index in [0.29, 0.717) is 16.8 Å². The van der Waals surface area contributed by atoms with Crippen molar-refractivity contribution < 1.29 is 14.0 Å². The average Bonchev–Trinajstić information content (AvgIpc) is 1.95. The van der Waals surface area contributed by atoms with Gasteiger partial charge in [-0.15, -0.1) is 0 Å². The average molecular weight is 214 g/mol. The Morgan fingerprint density at radius 1 is 1.33 bits per heavy atom. The van der Waals surface area contributed by atoms with E-state index < -0.39 is 0 Å². The molecule has 88 valence electrons. The number of nitrogens with zero attached hydrogens (tertiary/aromatic N) is 1. The Bertz CT molecular complexity index is 249. The van der Waals surface area contributed by atoms with Crippen molar-refractivity contribution in [1.29, 1.82) is 0 Å². The summed E-state index contributed by atoms with van der Waals surface area (Å²) < 4.78 is 5.82. The zero-order chi connectivity index (χ0) is 12.3. The number of carbonyl (C=O) groups excluding carboxylic acids is 1. The molecular weight excluding hydrogens is 190 g/mol. The minimum Gasteiger partial charge on any atom is -0.412 e. The van der Waals surface area contributed by atoms with Crippen molar-refractivity contribution in [3.63, 3.8) is 0 Å². The second-order valence-corrected chi connectivity index (χ2v) is 6.00. The molecule has 0 unspecified atom stereocenters. The van der Waals surface area contributed by atoms with Crippen molar-refractivity contribution in [1.82, 2.24) is 0 Å². The fourth-order valence-electron chi connectivity index (χ4n) is 1.69. The number of quaternary nitrogens is 1. The molecule has 0 aromatic carbocycles. The molecule has 0 saturated heterocycles. The molecule has 0 amide bonds. The molecule has 0 N–H and O–H groups in total. The lowest BCUT2D eigenvalue weighted by Crippen LogP contribution is -2.47. The van der Waals surface area contributed by atoms with Gasteiger partial charge in [-0.3, -0.25) is 4.48 Å². The van der Waals surface area contributed by atoms with Crippen LogP contribution in [0, 0.1) is 5.41 Å². The minimum absolute atomic E-state index is 0.221. The third-order valence-electron chi connectivity index (χ3n) is 1.80. The summed E-state index contributed by atoms with van der Waals surface area (Å²) in [5.74, 6) is -0.310. The third kappa shape index (κ3) is 7.14. The maximum Gasteiger partial charge on any atom is 0.337 e. The van der Waals surface area contributed by atoms with Crippen LogP contribution in [0.2, 0.25) is 0 Å². The molecule has 0 radical (unpaired) electrons. The van der Waals surface area contributed by atoms with Gasteiger partial charge in [-0.25, -0.2) is 4.79 Å². The fraction of sp³-hybridized carbons (Fsp3) is 0.750. The first kappa shape index (κ1) is 14.2. The SMILES string of the molecule is C=C(C)C(=O)OC[N+](C)(C)CC(C)(C)C. The van der Waals surface area contributed by atoms with E-state index in [4.69, 9.17) is 4.74 Å². The van der Waals surface area contributed by atoms with E-state index in [9.17, 15) is 4.79 Å². The first-order valence-electron chi connectivity index (χ1n) is 5.18. The molecule has 0 spiro atoms. The standard InChI is InChI=1S/C12H24NO2/c1-10(2)11(14)15-9-13(6,7)8-12(3,4)5/h1,8-9H2,2-7H3/q+1. The topological polar surface area (TPSA) is 26.3 Å². The molecular formula is C12H24NO2+. The van der Waals surface area contributed by atoms with Crippen molar-refractivity contribution in [3.05, 3.63) is 12.2 Å². The fourth-order valence-corrected chi connectivity index (χ4v) is 1.69. The van der Waals surface area contributed by atoms with Crippen molar-refractivity contribution in [3.8, 4) is 0 Å². The first-order valence-corrected chi connectivity index (χ1v) is 5.18. The Labute approximate surface area is 93.3 Å². The van der Waals surface area contributed by atoms with Gasteiger partial charge in [-0.2, -0.15) is 0 Å². The molecule has 0 aromatic heterocycles. The van der Waals surface area contributed by atoms with E-state index in [1.165, 1.54) is 0 Å². The van der Waals surface area contributed by atoms with E-state index in [1.807, 2.05) is 0 Å². The van der Waals surface area contributed by atoms with Crippen LogP contribution in [0.25, 0.3) is 0 Å². The summed E-state index contributed by atoms with van der Waals surface area (Å²) >= 11 is 0. The zero-order valence-electron chi connectivity index (χ0n) is 10.9. The van der Waals surface area contributed by atoms with Crippen LogP contribution in [0.3, 0.4) is 0 Å². The number of hydrogen-bond acceptors (Lipinski definition) is 2. The highest BCUT2D eigenvalue weighted by Crippen LogP contribution is 2.18. The Kier molecular flexibility index (Phi) is 4.53. The summed E-state index contributed by atoms with van der Waals surface area (Å²) in [7, 11) is 4.11. The van der Waals surface area contributed by atoms with Crippen LogP contribution in [0.5, 0.6) is 0 Å². The Morgan fingerprint density at radius 3 is 2.13 bits per heavy atom. The highest BCUT2D eigenvalue weighted by molar-refractivity contribution is 5.86. The van der Waals surface area contributed by atoms with E-state index in [0.717, 1.165) is 6.54 Å². The normalized spacial score (nSPS) is 12.4. The van der Waals surface area contributed by atoms with Gasteiger partial charge in [0.1, 0.15) is 0 Å². The van der Waals surface area contributed by atoms with Crippen molar-refractivity contribution in [2.75, 3.05) is 27.4 Å². The first-order chi connectivity index (χ1) is 6.53. The lowest BCUT2D eigenvalue weighted by molar-refractivity contribution is -0.912. The largest absolute Gasteiger partial charge is 0.412 e. The maximum absolute atomic E-state index is 11.2. The summed E-state index contributed by atoms with van der Waals surface area (Å²) in [6, 6.07) is 0. The molecule has 0 aliphatic rings. The van der Waals surface area contributed by atoms with Crippen LogP contribution in [0.1, 0.15) is 27.7 Å². The molecule has 0 saturated carbocycles. The van der Waals surface area contributed by atoms with Crippen molar-refractivity contribution in [2.45, 2.75) is 27.7 Å².